The van der Waals surface area contributed by atoms with Gasteiger partial charge in [-0.3, -0.25) is 4.79 Å². The Morgan fingerprint density at radius 2 is 1.87 bits per heavy atom. The lowest BCUT2D eigenvalue weighted by molar-refractivity contribution is 0.0950. The van der Waals surface area contributed by atoms with Crippen LogP contribution in [0.2, 0.25) is 5.02 Å². The number of rotatable bonds is 7. The van der Waals surface area contributed by atoms with Gasteiger partial charge < -0.3 is 9.47 Å². The van der Waals surface area contributed by atoms with Crippen molar-refractivity contribution in [3.8, 4) is 11.5 Å². The maximum Gasteiger partial charge on any atom is 0.275 e. The minimum Gasteiger partial charge on any atom is -0.495 e. The van der Waals surface area contributed by atoms with Crippen molar-refractivity contribution >= 4 is 55.6 Å². The minimum absolute atomic E-state index is 0.247. The molecule has 0 fully saturated rings. The lowest BCUT2D eigenvalue weighted by Gasteiger charge is -2.11. The van der Waals surface area contributed by atoms with Gasteiger partial charge in [-0.15, -0.1) is 0 Å². The van der Waals surface area contributed by atoms with Gasteiger partial charge in [0.2, 0.25) is 0 Å². The quantitative estimate of drug-likeness (QED) is 0.280. The molecule has 3 rings (SSSR count). The number of para-hydroxylation sites is 1. The van der Waals surface area contributed by atoms with Gasteiger partial charge in [0, 0.05) is 20.6 Å². The van der Waals surface area contributed by atoms with E-state index in [1.807, 2.05) is 30.3 Å². The first-order valence-electron chi connectivity index (χ1n) is 8.81. The van der Waals surface area contributed by atoms with Crippen LogP contribution in [-0.4, -0.2) is 19.2 Å². The maximum atomic E-state index is 12.6. The number of ether oxygens (including phenoxy) is 2. The van der Waals surface area contributed by atoms with Gasteiger partial charge in [-0.25, -0.2) is 5.43 Å². The van der Waals surface area contributed by atoms with Crippen LogP contribution in [0.5, 0.6) is 11.5 Å². The molecule has 30 heavy (non-hydrogen) atoms. The number of nitrogens with one attached hydrogen (secondary N) is 1. The van der Waals surface area contributed by atoms with Gasteiger partial charge in [0.15, 0.2) is 0 Å². The molecule has 8 heteroatoms. The van der Waals surface area contributed by atoms with E-state index in [4.69, 9.17) is 21.1 Å². The van der Waals surface area contributed by atoms with E-state index in [2.05, 4.69) is 42.4 Å². The van der Waals surface area contributed by atoms with Gasteiger partial charge in [0.25, 0.3) is 5.91 Å². The second kappa shape index (κ2) is 10.6. The lowest BCUT2D eigenvalue weighted by Crippen LogP contribution is -2.18. The van der Waals surface area contributed by atoms with Crippen LogP contribution in [0.3, 0.4) is 0 Å². The average Bonchev–Trinajstić information content (AvgIpc) is 2.73. The monoisotopic (exact) mass is 550 g/mol. The van der Waals surface area contributed by atoms with Gasteiger partial charge in [0.05, 0.1) is 23.4 Å². The Morgan fingerprint density at radius 3 is 2.63 bits per heavy atom. The molecule has 0 bridgehead atoms. The SMILES string of the molecule is COc1c(Br)cc(Br)cc1/C=N/NC(=O)c1ccccc1OCc1ccccc1Cl. The second-order valence-electron chi connectivity index (χ2n) is 6.09. The molecular weight excluding hydrogens is 536 g/mol. The summed E-state index contributed by atoms with van der Waals surface area (Å²) < 4.78 is 12.8. The summed E-state index contributed by atoms with van der Waals surface area (Å²) in [6.45, 7) is 0.247. The molecule has 3 aromatic carbocycles. The highest BCUT2D eigenvalue weighted by Crippen LogP contribution is 2.31. The molecular formula is C22H17Br2ClN2O3. The molecule has 3 aromatic rings. The molecule has 0 aromatic heterocycles. The fourth-order valence-electron chi connectivity index (χ4n) is 2.66. The summed E-state index contributed by atoms with van der Waals surface area (Å²) in [7, 11) is 1.57. The van der Waals surface area contributed by atoms with Crippen LogP contribution in [0.1, 0.15) is 21.5 Å². The third kappa shape index (κ3) is 5.62. The van der Waals surface area contributed by atoms with Crippen molar-refractivity contribution in [2.24, 2.45) is 5.10 Å². The van der Waals surface area contributed by atoms with Gasteiger partial charge in [0.1, 0.15) is 18.1 Å². The highest BCUT2D eigenvalue weighted by atomic mass is 79.9. The summed E-state index contributed by atoms with van der Waals surface area (Å²) in [6.07, 6.45) is 1.51. The number of carbonyl (C=O) groups excluding carboxylic acids is 1. The molecule has 0 heterocycles. The molecule has 0 atom stereocenters. The zero-order valence-corrected chi connectivity index (χ0v) is 19.8. The smallest absolute Gasteiger partial charge is 0.275 e. The molecule has 1 N–H and O–H groups in total. The van der Waals surface area contributed by atoms with E-state index in [-0.39, 0.29) is 6.61 Å². The summed E-state index contributed by atoms with van der Waals surface area (Å²) in [6, 6.07) is 18.0. The molecule has 1 amide bonds. The van der Waals surface area contributed by atoms with Crippen LogP contribution in [0, 0.1) is 0 Å². The molecule has 154 valence electrons. The van der Waals surface area contributed by atoms with Crippen molar-refractivity contribution in [2.75, 3.05) is 7.11 Å². The Kier molecular flexibility index (Phi) is 7.90. The molecule has 0 aliphatic rings. The number of amides is 1. The predicted molar refractivity (Wildman–Crippen MR) is 126 cm³/mol. The fourth-order valence-corrected chi connectivity index (χ4v) is 4.27. The molecule has 0 aliphatic carbocycles. The standard InChI is InChI=1S/C22H17Br2ClN2O3/c1-29-21-15(10-16(23)11-18(21)24)12-26-27-22(28)17-7-3-5-9-20(17)30-13-14-6-2-4-8-19(14)25/h2-12H,13H2,1H3,(H,27,28)/b26-12+. The number of hydrogen-bond acceptors (Lipinski definition) is 4. The zero-order valence-electron chi connectivity index (χ0n) is 15.9. The fraction of sp³-hybridized carbons (Fsp3) is 0.0909. The summed E-state index contributed by atoms with van der Waals surface area (Å²) in [5.41, 5.74) is 4.42. The van der Waals surface area contributed by atoms with Crippen molar-refractivity contribution < 1.29 is 14.3 Å². The Balaban J connectivity index is 1.72. The van der Waals surface area contributed by atoms with Crippen LogP contribution in [-0.2, 0) is 6.61 Å². The highest BCUT2D eigenvalue weighted by Gasteiger charge is 2.13. The van der Waals surface area contributed by atoms with Gasteiger partial charge in [-0.05, 0) is 46.3 Å². The van der Waals surface area contributed by atoms with E-state index >= 15 is 0 Å². The summed E-state index contributed by atoms with van der Waals surface area (Å²) in [5, 5.41) is 4.67. The van der Waals surface area contributed by atoms with Crippen molar-refractivity contribution in [1.82, 2.24) is 5.43 Å². The normalized spacial score (nSPS) is 10.8. The van der Waals surface area contributed by atoms with Crippen LogP contribution >= 0.6 is 43.5 Å². The summed E-state index contributed by atoms with van der Waals surface area (Å²) in [4.78, 5) is 12.6. The van der Waals surface area contributed by atoms with E-state index in [1.165, 1.54) is 6.21 Å². The Hall–Kier alpha value is -2.35. The number of hydrogen-bond donors (Lipinski definition) is 1. The molecule has 0 radical (unpaired) electrons. The Morgan fingerprint density at radius 1 is 1.13 bits per heavy atom. The lowest BCUT2D eigenvalue weighted by atomic mass is 10.2. The third-order valence-electron chi connectivity index (χ3n) is 4.08. The van der Waals surface area contributed by atoms with Crippen LogP contribution in [0.25, 0.3) is 0 Å². The van der Waals surface area contributed by atoms with E-state index < -0.39 is 5.91 Å². The van der Waals surface area contributed by atoms with E-state index in [9.17, 15) is 4.79 Å². The third-order valence-corrected chi connectivity index (χ3v) is 5.50. The topological polar surface area (TPSA) is 59.9 Å². The van der Waals surface area contributed by atoms with E-state index in [1.54, 1.807) is 37.4 Å². The maximum absolute atomic E-state index is 12.6. The van der Waals surface area contributed by atoms with Crippen molar-refractivity contribution in [2.45, 2.75) is 6.61 Å². The summed E-state index contributed by atoms with van der Waals surface area (Å²) in [5.74, 6) is 0.654. The first-order valence-corrected chi connectivity index (χ1v) is 10.8. The molecule has 0 spiro atoms. The van der Waals surface area contributed by atoms with Crippen LogP contribution in [0.4, 0.5) is 0 Å². The minimum atomic E-state index is -0.394. The number of benzene rings is 3. The molecule has 5 nitrogen and oxygen atoms in total. The van der Waals surface area contributed by atoms with Gasteiger partial charge in [-0.1, -0.05) is 57.9 Å². The summed E-state index contributed by atoms with van der Waals surface area (Å²) >= 11 is 13.0. The van der Waals surface area contributed by atoms with E-state index in [0.29, 0.717) is 27.6 Å². The highest BCUT2D eigenvalue weighted by molar-refractivity contribution is 9.11. The number of halogens is 3. The number of nitrogens with zero attached hydrogens (tertiary/aromatic N) is 1. The first kappa shape index (κ1) is 22.3. The number of carbonyl (C=O) groups is 1. The zero-order chi connectivity index (χ0) is 21.5. The average molecular weight is 553 g/mol. The van der Waals surface area contributed by atoms with Gasteiger partial charge in [-0.2, -0.15) is 5.10 Å². The molecule has 0 saturated heterocycles. The second-order valence-corrected chi connectivity index (χ2v) is 8.26. The van der Waals surface area contributed by atoms with Crippen LogP contribution < -0.4 is 14.9 Å². The van der Waals surface area contributed by atoms with Crippen molar-refractivity contribution in [1.29, 1.82) is 0 Å². The number of hydrazone groups is 1. The van der Waals surface area contributed by atoms with Crippen molar-refractivity contribution in [3.05, 3.63) is 91.3 Å². The van der Waals surface area contributed by atoms with E-state index in [0.717, 1.165) is 14.5 Å². The Labute approximate surface area is 196 Å². The van der Waals surface area contributed by atoms with Crippen LogP contribution in [0.15, 0.2) is 74.7 Å². The van der Waals surface area contributed by atoms with Gasteiger partial charge >= 0.3 is 0 Å². The molecule has 0 saturated carbocycles. The molecule has 0 aliphatic heterocycles. The van der Waals surface area contributed by atoms with Crippen molar-refractivity contribution in [3.63, 3.8) is 0 Å². The first-order chi connectivity index (χ1) is 14.5. The largest absolute Gasteiger partial charge is 0.495 e. The Bertz CT molecular complexity index is 1090. The predicted octanol–water partition coefficient (Wildman–Crippen LogP) is 6.22. The molecule has 0 unspecified atom stereocenters. The number of methoxy groups -OCH3 is 1.